The number of carbonyl (C=O) groups is 1. The highest BCUT2D eigenvalue weighted by Crippen LogP contribution is 2.28. The maximum Gasteiger partial charge on any atom is 0.242 e. The van der Waals surface area contributed by atoms with Gasteiger partial charge >= 0.3 is 0 Å². The van der Waals surface area contributed by atoms with Crippen LogP contribution in [0.1, 0.15) is 24.8 Å². The molecule has 1 aliphatic rings. The van der Waals surface area contributed by atoms with Gasteiger partial charge in [0, 0.05) is 25.7 Å². The van der Waals surface area contributed by atoms with Gasteiger partial charge in [0.2, 0.25) is 15.9 Å². The first-order valence-corrected chi connectivity index (χ1v) is 8.10. The molecule has 1 aromatic carbocycles. The van der Waals surface area contributed by atoms with Crippen molar-refractivity contribution in [1.82, 2.24) is 4.31 Å². The maximum atomic E-state index is 12.2. The van der Waals surface area contributed by atoms with Crippen molar-refractivity contribution in [3.63, 3.8) is 0 Å². The molecule has 0 bridgehead atoms. The normalized spacial score (nSPS) is 16.0. The van der Waals surface area contributed by atoms with E-state index in [0.717, 1.165) is 19.3 Å². The summed E-state index contributed by atoms with van der Waals surface area (Å²) in [4.78, 5) is 12.1. The molecule has 0 saturated heterocycles. The van der Waals surface area contributed by atoms with E-state index in [9.17, 15) is 13.2 Å². The van der Waals surface area contributed by atoms with Gasteiger partial charge in [-0.05, 0) is 37.5 Å². The van der Waals surface area contributed by atoms with E-state index >= 15 is 0 Å². The van der Waals surface area contributed by atoms with Crippen molar-refractivity contribution in [3.05, 3.63) is 23.8 Å². The van der Waals surface area contributed by atoms with Crippen LogP contribution in [0.2, 0.25) is 0 Å². The Balaban J connectivity index is 2.27. The zero-order valence-electron chi connectivity index (χ0n) is 12.0. The highest BCUT2D eigenvalue weighted by molar-refractivity contribution is 7.89. The van der Waals surface area contributed by atoms with Crippen LogP contribution in [0.5, 0.6) is 0 Å². The molecule has 20 heavy (non-hydrogen) atoms. The molecule has 1 N–H and O–H groups in total. The van der Waals surface area contributed by atoms with Gasteiger partial charge in [0.15, 0.2) is 0 Å². The minimum absolute atomic E-state index is 0.0201. The van der Waals surface area contributed by atoms with Crippen LogP contribution in [-0.4, -0.2) is 32.7 Å². The van der Waals surface area contributed by atoms with Gasteiger partial charge in [-0.25, -0.2) is 12.7 Å². The summed E-state index contributed by atoms with van der Waals surface area (Å²) in [6, 6.07) is 4.98. The predicted molar refractivity (Wildman–Crippen MR) is 78.0 cm³/mol. The van der Waals surface area contributed by atoms with E-state index in [4.69, 9.17) is 0 Å². The number of hydrogen-bond acceptors (Lipinski definition) is 3. The minimum Gasteiger partial charge on any atom is -0.326 e. The summed E-state index contributed by atoms with van der Waals surface area (Å²) in [6.45, 7) is 1.74. The van der Waals surface area contributed by atoms with E-state index in [1.807, 2.05) is 0 Å². The van der Waals surface area contributed by atoms with E-state index in [0.29, 0.717) is 11.3 Å². The third-order valence-corrected chi connectivity index (χ3v) is 5.65. The number of carbonyl (C=O) groups excluding carboxylic acids is 1. The summed E-state index contributed by atoms with van der Waals surface area (Å²) in [7, 11) is -0.507. The fourth-order valence-corrected chi connectivity index (χ4v) is 3.21. The molecule has 2 rings (SSSR count). The van der Waals surface area contributed by atoms with Gasteiger partial charge in [-0.1, -0.05) is 12.5 Å². The van der Waals surface area contributed by atoms with Crippen molar-refractivity contribution in [2.75, 3.05) is 19.4 Å². The third-order valence-electron chi connectivity index (χ3n) is 3.69. The lowest BCUT2D eigenvalue weighted by molar-refractivity contribution is -0.122. The molecule has 6 heteroatoms. The highest BCUT2D eigenvalue weighted by Gasteiger charge is 2.26. The molecule has 0 aliphatic heterocycles. The molecule has 5 nitrogen and oxygen atoms in total. The maximum absolute atomic E-state index is 12.2. The van der Waals surface area contributed by atoms with E-state index in [1.165, 1.54) is 24.5 Å². The Morgan fingerprint density at radius 2 is 1.95 bits per heavy atom. The van der Waals surface area contributed by atoms with Crippen molar-refractivity contribution in [2.24, 2.45) is 5.92 Å². The molecule has 1 fully saturated rings. The first-order chi connectivity index (χ1) is 9.32. The fraction of sp³-hybridized carbons (Fsp3) is 0.500. The third kappa shape index (κ3) is 2.86. The van der Waals surface area contributed by atoms with Gasteiger partial charge in [-0.2, -0.15) is 0 Å². The first kappa shape index (κ1) is 15.0. The summed E-state index contributed by atoms with van der Waals surface area (Å²) in [5.74, 6) is 0.0542. The summed E-state index contributed by atoms with van der Waals surface area (Å²) < 4.78 is 25.6. The number of nitrogens with one attached hydrogen (secondary N) is 1. The molecule has 0 heterocycles. The Morgan fingerprint density at radius 1 is 1.30 bits per heavy atom. The predicted octanol–water partition coefficient (Wildman–Crippen LogP) is 1.98. The van der Waals surface area contributed by atoms with Crippen molar-refractivity contribution in [2.45, 2.75) is 31.1 Å². The minimum atomic E-state index is -3.50. The SMILES string of the molecule is Cc1ccc(NC(=O)C2CCC2)cc1S(=O)(=O)N(C)C. The Hall–Kier alpha value is -1.40. The summed E-state index contributed by atoms with van der Waals surface area (Å²) in [5.41, 5.74) is 1.20. The number of benzene rings is 1. The average molecular weight is 296 g/mol. The van der Waals surface area contributed by atoms with E-state index in [2.05, 4.69) is 5.32 Å². The molecule has 1 amide bonds. The zero-order chi connectivity index (χ0) is 14.9. The molecule has 1 saturated carbocycles. The number of aryl methyl sites for hydroxylation is 1. The van der Waals surface area contributed by atoms with Crippen LogP contribution in [0.3, 0.4) is 0 Å². The molecule has 0 aromatic heterocycles. The Kier molecular flexibility index (Phi) is 4.15. The lowest BCUT2D eigenvalue weighted by Gasteiger charge is -2.24. The molecule has 0 spiro atoms. The number of rotatable bonds is 4. The van der Waals surface area contributed by atoms with Crippen molar-refractivity contribution < 1.29 is 13.2 Å². The van der Waals surface area contributed by atoms with Crippen molar-refractivity contribution >= 4 is 21.6 Å². The number of hydrogen-bond donors (Lipinski definition) is 1. The van der Waals surface area contributed by atoms with Gasteiger partial charge in [-0.15, -0.1) is 0 Å². The molecule has 0 unspecified atom stereocenters. The monoisotopic (exact) mass is 296 g/mol. The van der Waals surface area contributed by atoms with E-state index < -0.39 is 10.0 Å². The Labute approximate surface area is 120 Å². The van der Waals surface area contributed by atoms with Gasteiger partial charge in [0.25, 0.3) is 0 Å². The molecule has 1 aliphatic carbocycles. The standard InChI is InChI=1S/C14H20N2O3S/c1-10-7-8-12(15-14(17)11-5-4-6-11)9-13(10)20(18,19)16(2)3/h7-9,11H,4-6H2,1-3H3,(H,15,17). The molecule has 0 atom stereocenters. The smallest absolute Gasteiger partial charge is 0.242 e. The van der Waals surface area contributed by atoms with Crippen LogP contribution in [0.4, 0.5) is 5.69 Å². The lowest BCUT2D eigenvalue weighted by atomic mass is 9.85. The molecular weight excluding hydrogens is 276 g/mol. The van der Waals surface area contributed by atoms with Gasteiger partial charge in [0.1, 0.15) is 0 Å². The van der Waals surface area contributed by atoms with Crippen LogP contribution >= 0.6 is 0 Å². The van der Waals surface area contributed by atoms with Crippen LogP contribution in [0.15, 0.2) is 23.1 Å². The highest BCUT2D eigenvalue weighted by atomic mass is 32.2. The quantitative estimate of drug-likeness (QED) is 0.924. The second kappa shape index (κ2) is 5.54. The largest absolute Gasteiger partial charge is 0.326 e. The average Bonchev–Trinajstić information content (AvgIpc) is 2.28. The van der Waals surface area contributed by atoms with Gasteiger partial charge < -0.3 is 5.32 Å². The summed E-state index contributed by atoms with van der Waals surface area (Å²) in [5, 5.41) is 2.80. The number of amides is 1. The van der Waals surface area contributed by atoms with Crippen LogP contribution in [0.25, 0.3) is 0 Å². The molecule has 0 radical (unpaired) electrons. The summed E-state index contributed by atoms with van der Waals surface area (Å²) in [6.07, 6.45) is 2.92. The summed E-state index contributed by atoms with van der Waals surface area (Å²) >= 11 is 0. The van der Waals surface area contributed by atoms with Crippen LogP contribution in [-0.2, 0) is 14.8 Å². The van der Waals surface area contributed by atoms with Gasteiger partial charge in [0.05, 0.1) is 4.90 Å². The second-order valence-electron chi connectivity index (χ2n) is 5.38. The van der Waals surface area contributed by atoms with Gasteiger partial charge in [-0.3, -0.25) is 4.79 Å². The zero-order valence-corrected chi connectivity index (χ0v) is 12.8. The van der Waals surface area contributed by atoms with Crippen LogP contribution in [0, 0.1) is 12.8 Å². The fourth-order valence-electron chi connectivity index (χ4n) is 2.07. The second-order valence-corrected chi connectivity index (χ2v) is 7.51. The molecule has 110 valence electrons. The molecule has 1 aromatic rings. The Bertz CT molecular complexity index is 619. The van der Waals surface area contributed by atoms with E-state index in [-0.39, 0.29) is 16.7 Å². The lowest BCUT2D eigenvalue weighted by Crippen LogP contribution is -2.28. The topological polar surface area (TPSA) is 66.5 Å². The van der Waals surface area contributed by atoms with Crippen LogP contribution < -0.4 is 5.32 Å². The van der Waals surface area contributed by atoms with Crippen molar-refractivity contribution in [1.29, 1.82) is 0 Å². The van der Waals surface area contributed by atoms with E-state index in [1.54, 1.807) is 19.1 Å². The Morgan fingerprint density at radius 3 is 2.45 bits per heavy atom. The number of anilines is 1. The molecular formula is C14H20N2O3S. The number of sulfonamides is 1. The first-order valence-electron chi connectivity index (χ1n) is 6.66. The van der Waals surface area contributed by atoms with Crippen molar-refractivity contribution in [3.8, 4) is 0 Å². The number of nitrogens with zero attached hydrogens (tertiary/aromatic N) is 1.